The zero-order valence-corrected chi connectivity index (χ0v) is 12.5. The molecule has 1 amide bonds. The number of hydrogen-bond acceptors (Lipinski definition) is 4. The van der Waals surface area contributed by atoms with Crippen molar-refractivity contribution in [3.8, 4) is 5.75 Å². The SMILES string of the molecule is CN1CC=C(NNC(=O)c2cc3ccccc3cc2O)CC1. The van der Waals surface area contributed by atoms with E-state index in [1.54, 1.807) is 12.1 Å². The van der Waals surface area contributed by atoms with Crippen molar-refractivity contribution in [1.29, 1.82) is 0 Å². The van der Waals surface area contributed by atoms with Crippen molar-refractivity contribution >= 4 is 16.7 Å². The Kier molecular flexibility index (Phi) is 3.98. The first kappa shape index (κ1) is 14.4. The van der Waals surface area contributed by atoms with Gasteiger partial charge >= 0.3 is 0 Å². The van der Waals surface area contributed by atoms with E-state index in [1.807, 2.05) is 30.3 Å². The van der Waals surface area contributed by atoms with Crippen molar-refractivity contribution < 1.29 is 9.90 Å². The lowest BCUT2D eigenvalue weighted by atomic mass is 10.1. The Balaban J connectivity index is 1.73. The van der Waals surface area contributed by atoms with Crippen LogP contribution in [0, 0.1) is 0 Å². The minimum absolute atomic E-state index is 0.0182. The maximum atomic E-state index is 12.2. The molecular weight excluding hydrogens is 278 g/mol. The Bertz CT molecular complexity index is 740. The molecule has 5 heteroatoms. The number of carbonyl (C=O) groups is 1. The summed E-state index contributed by atoms with van der Waals surface area (Å²) in [6.07, 6.45) is 2.91. The van der Waals surface area contributed by atoms with Gasteiger partial charge in [0.15, 0.2) is 0 Å². The molecule has 0 aliphatic carbocycles. The van der Waals surface area contributed by atoms with Crippen LogP contribution in [-0.2, 0) is 0 Å². The van der Waals surface area contributed by atoms with Crippen LogP contribution in [-0.4, -0.2) is 36.1 Å². The van der Waals surface area contributed by atoms with Gasteiger partial charge in [0, 0.05) is 25.2 Å². The number of benzene rings is 2. The van der Waals surface area contributed by atoms with Gasteiger partial charge in [0.25, 0.3) is 5.91 Å². The summed E-state index contributed by atoms with van der Waals surface area (Å²) in [6.45, 7) is 1.81. The summed E-state index contributed by atoms with van der Waals surface area (Å²) in [7, 11) is 2.05. The molecule has 1 aliphatic heterocycles. The number of phenolic OH excluding ortho intramolecular Hbond substituents is 1. The van der Waals surface area contributed by atoms with Gasteiger partial charge in [0.1, 0.15) is 5.75 Å². The zero-order valence-electron chi connectivity index (χ0n) is 12.5. The van der Waals surface area contributed by atoms with Gasteiger partial charge in [0.2, 0.25) is 0 Å². The molecule has 0 radical (unpaired) electrons. The molecule has 0 spiro atoms. The number of hydrazine groups is 1. The van der Waals surface area contributed by atoms with Crippen molar-refractivity contribution in [2.75, 3.05) is 20.1 Å². The van der Waals surface area contributed by atoms with Gasteiger partial charge in [-0.25, -0.2) is 0 Å². The third-order valence-corrected chi connectivity index (χ3v) is 3.86. The first-order valence-electron chi connectivity index (χ1n) is 7.29. The van der Waals surface area contributed by atoms with Crippen LogP contribution >= 0.6 is 0 Å². The molecule has 3 rings (SSSR count). The van der Waals surface area contributed by atoms with Crippen LogP contribution in [0.2, 0.25) is 0 Å². The molecule has 0 aromatic heterocycles. The van der Waals surface area contributed by atoms with Crippen LogP contribution in [0.15, 0.2) is 48.2 Å². The van der Waals surface area contributed by atoms with E-state index < -0.39 is 0 Å². The predicted octanol–water partition coefficient (Wildman–Crippen LogP) is 2.00. The molecule has 1 heterocycles. The minimum Gasteiger partial charge on any atom is -0.507 e. The van der Waals surface area contributed by atoms with Gasteiger partial charge in [0.05, 0.1) is 5.56 Å². The maximum absolute atomic E-state index is 12.2. The van der Waals surface area contributed by atoms with E-state index in [2.05, 4.69) is 22.8 Å². The molecule has 2 aromatic rings. The third-order valence-electron chi connectivity index (χ3n) is 3.86. The van der Waals surface area contributed by atoms with Crippen LogP contribution in [0.3, 0.4) is 0 Å². The molecule has 0 saturated carbocycles. The highest BCUT2D eigenvalue weighted by atomic mass is 16.3. The second kappa shape index (κ2) is 6.07. The van der Waals surface area contributed by atoms with Crippen molar-refractivity contribution in [3.05, 3.63) is 53.7 Å². The van der Waals surface area contributed by atoms with Crippen molar-refractivity contribution in [2.24, 2.45) is 0 Å². The number of phenols is 1. The Morgan fingerprint density at radius 1 is 1.23 bits per heavy atom. The van der Waals surface area contributed by atoms with Gasteiger partial charge in [-0.1, -0.05) is 24.3 Å². The number of hydrogen-bond donors (Lipinski definition) is 3. The first-order valence-corrected chi connectivity index (χ1v) is 7.29. The molecule has 114 valence electrons. The van der Waals surface area contributed by atoms with Gasteiger partial charge in [-0.3, -0.25) is 10.2 Å². The molecule has 3 N–H and O–H groups in total. The summed E-state index contributed by atoms with van der Waals surface area (Å²) in [5, 5.41) is 11.9. The number of amides is 1. The van der Waals surface area contributed by atoms with Gasteiger partial charge < -0.3 is 15.4 Å². The van der Waals surface area contributed by atoms with Gasteiger partial charge in [-0.2, -0.15) is 0 Å². The normalized spacial score (nSPS) is 15.4. The summed E-state index contributed by atoms with van der Waals surface area (Å²) in [5.41, 5.74) is 6.85. The Morgan fingerprint density at radius 3 is 2.64 bits per heavy atom. The lowest BCUT2D eigenvalue weighted by molar-refractivity contribution is 0.0935. The standard InChI is InChI=1S/C17H19N3O2/c1-20-8-6-14(7-9-20)18-19-17(22)15-10-12-4-2-3-5-13(12)11-16(15)21/h2-6,10-11,18,21H,7-9H2,1H3,(H,19,22). The summed E-state index contributed by atoms with van der Waals surface area (Å²) in [6, 6.07) is 10.9. The van der Waals surface area contributed by atoms with Crippen molar-refractivity contribution in [1.82, 2.24) is 15.8 Å². The highest BCUT2D eigenvalue weighted by Crippen LogP contribution is 2.24. The van der Waals surface area contributed by atoms with Crippen molar-refractivity contribution in [3.63, 3.8) is 0 Å². The van der Waals surface area contributed by atoms with E-state index in [4.69, 9.17) is 0 Å². The van der Waals surface area contributed by atoms with E-state index in [9.17, 15) is 9.90 Å². The quantitative estimate of drug-likeness (QED) is 0.758. The molecule has 0 saturated heterocycles. The number of rotatable bonds is 3. The second-order valence-electron chi connectivity index (χ2n) is 5.54. The molecule has 22 heavy (non-hydrogen) atoms. The van der Waals surface area contributed by atoms with E-state index in [0.717, 1.165) is 36.0 Å². The predicted molar refractivity (Wildman–Crippen MR) is 86.4 cm³/mol. The number of nitrogens with zero attached hydrogens (tertiary/aromatic N) is 1. The van der Waals surface area contributed by atoms with Crippen LogP contribution < -0.4 is 10.9 Å². The van der Waals surface area contributed by atoms with Crippen LogP contribution in [0.5, 0.6) is 5.75 Å². The summed E-state index contributed by atoms with van der Waals surface area (Å²) < 4.78 is 0. The molecule has 5 nitrogen and oxygen atoms in total. The average molecular weight is 297 g/mol. The topological polar surface area (TPSA) is 64.6 Å². The fraction of sp³-hybridized carbons (Fsp3) is 0.235. The Hall–Kier alpha value is -2.53. The molecule has 0 bridgehead atoms. The monoisotopic (exact) mass is 297 g/mol. The fourth-order valence-corrected chi connectivity index (χ4v) is 2.50. The summed E-state index contributed by atoms with van der Waals surface area (Å²) >= 11 is 0. The highest BCUT2D eigenvalue weighted by Gasteiger charge is 2.13. The van der Waals surface area contributed by atoms with Gasteiger partial charge in [-0.15, -0.1) is 0 Å². The maximum Gasteiger partial charge on any atom is 0.273 e. The molecular formula is C17H19N3O2. The van der Waals surface area contributed by atoms with E-state index in [1.165, 1.54) is 0 Å². The number of aromatic hydroxyl groups is 1. The van der Waals surface area contributed by atoms with Gasteiger partial charge in [-0.05, 0) is 36.0 Å². The molecule has 0 unspecified atom stereocenters. The lowest BCUT2D eigenvalue weighted by Gasteiger charge is -2.22. The molecule has 1 aliphatic rings. The van der Waals surface area contributed by atoms with E-state index >= 15 is 0 Å². The number of likely N-dealkylation sites (N-methyl/N-ethyl adjacent to an activating group) is 1. The van der Waals surface area contributed by atoms with Crippen LogP contribution in [0.4, 0.5) is 0 Å². The smallest absolute Gasteiger partial charge is 0.273 e. The molecule has 0 fully saturated rings. The molecule has 0 atom stereocenters. The highest BCUT2D eigenvalue weighted by molar-refractivity contribution is 6.01. The van der Waals surface area contributed by atoms with Crippen molar-refractivity contribution in [2.45, 2.75) is 6.42 Å². The zero-order chi connectivity index (χ0) is 15.5. The molecule has 2 aromatic carbocycles. The fourth-order valence-electron chi connectivity index (χ4n) is 2.50. The minimum atomic E-state index is -0.344. The van der Waals surface area contributed by atoms with E-state index in [0.29, 0.717) is 0 Å². The number of carbonyl (C=O) groups excluding carboxylic acids is 1. The number of fused-ring (bicyclic) bond motifs is 1. The Morgan fingerprint density at radius 2 is 1.95 bits per heavy atom. The largest absolute Gasteiger partial charge is 0.507 e. The van der Waals surface area contributed by atoms with Crippen LogP contribution in [0.25, 0.3) is 10.8 Å². The second-order valence-corrected chi connectivity index (χ2v) is 5.54. The first-order chi connectivity index (χ1) is 10.6. The van der Waals surface area contributed by atoms with Crippen LogP contribution in [0.1, 0.15) is 16.8 Å². The Labute approximate surface area is 129 Å². The van der Waals surface area contributed by atoms with E-state index in [-0.39, 0.29) is 17.2 Å². The average Bonchev–Trinajstić information content (AvgIpc) is 2.53. The lowest BCUT2D eigenvalue weighted by Crippen LogP contribution is -2.39. The number of nitrogens with one attached hydrogen (secondary N) is 2. The summed E-state index contributed by atoms with van der Waals surface area (Å²) in [4.78, 5) is 14.4. The summed E-state index contributed by atoms with van der Waals surface area (Å²) in [5.74, 6) is -0.363. The third kappa shape index (κ3) is 3.04.